The SMILES string of the molecule is CCc1ccc2c(nc(-c3cccc(C(C)(C)C)c3O)n2-c2c(C)cc(C)cc2C)c1-c1[c-]c(-c2cccc3cccnc23)c(C)cc1.[Pt]. The van der Waals surface area contributed by atoms with Crippen LogP contribution in [0, 0.1) is 33.8 Å². The molecule has 2 aromatic heterocycles. The van der Waals surface area contributed by atoms with Gasteiger partial charge in [-0.1, -0.05) is 111 Å². The number of phenolic OH excluding ortho intramolecular Hbond substituents is 1. The summed E-state index contributed by atoms with van der Waals surface area (Å²) in [6, 6.07) is 33.5. The van der Waals surface area contributed by atoms with Crippen molar-refractivity contribution in [1.29, 1.82) is 0 Å². The van der Waals surface area contributed by atoms with E-state index < -0.39 is 0 Å². The fourth-order valence-corrected chi connectivity index (χ4v) is 7.34. The maximum absolute atomic E-state index is 11.9. The second-order valence-electron chi connectivity index (χ2n) is 14.1. The van der Waals surface area contributed by atoms with Crippen LogP contribution in [0.25, 0.3) is 61.3 Å². The van der Waals surface area contributed by atoms with Gasteiger partial charge in [0, 0.05) is 32.8 Å². The molecule has 0 aliphatic rings. The predicted molar refractivity (Wildman–Crippen MR) is 200 cm³/mol. The van der Waals surface area contributed by atoms with Gasteiger partial charge in [-0.15, -0.1) is 34.9 Å². The molecule has 5 aromatic carbocycles. The Morgan fingerprint density at radius 1 is 0.776 bits per heavy atom. The molecule has 0 fully saturated rings. The Morgan fingerprint density at radius 3 is 2.18 bits per heavy atom. The summed E-state index contributed by atoms with van der Waals surface area (Å²) in [5.74, 6) is 0.998. The molecule has 7 aromatic rings. The first-order valence-electron chi connectivity index (χ1n) is 16.8. The standard InChI is InChI=1S/C44H42N3O.Pt/c1-9-30-20-21-37-40(38(30)32-19-18-27(3)35(25-32)33-15-10-13-31-14-12-22-45-39(31)33)46-43(34-16-11-17-36(42(34)48)44(6,7)8)47(37)41-28(4)23-26(2)24-29(41)5;/h10-24,48H,9H2,1-8H3;/q-1;. The van der Waals surface area contributed by atoms with E-state index in [1.54, 1.807) is 0 Å². The number of aromatic nitrogens is 3. The summed E-state index contributed by atoms with van der Waals surface area (Å²) in [6.45, 7) is 17.2. The van der Waals surface area contributed by atoms with Gasteiger partial charge in [0.1, 0.15) is 11.6 Å². The number of hydrogen-bond acceptors (Lipinski definition) is 3. The van der Waals surface area contributed by atoms with Crippen molar-refractivity contribution in [2.75, 3.05) is 0 Å². The largest absolute Gasteiger partial charge is 0.507 e. The predicted octanol–water partition coefficient (Wildman–Crippen LogP) is 11.2. The van der Waals surface area contributed by atoms with Crippen molar-refractivity contribution in [3.05, 3.63) is 131 Å². The smallest absolute Gasteiger partial charge is 0.148 e. The molecule has 0 unspecified atom stereocenters. The molecule has 0 atom stereocenters. The van der Waals surface area contributed by atoms with Gasteiger partial charge in [-0.3, -0.25) is 9.55 Å². The molecule has 0 aliphatic heterocycles. The number of fused-ring (bicyclic) bond motifs is 2. The van der Waals surface area contributed by atoms with Crippen molar-refractivity contribution in [3.8, 4) is 45.1 Å². The fourth-order valence-electron chi connectivity index (χ4n) is 7.34. The molecule has 49 heavy (non-hydrogen) atoms. The Hall–Kier alpha value is -4.53. The first-order chi connectivity index (χ1) is 23.0. The minimum absolute atomic E-state index is 0. The molecular formula is C44H42N3OPt-. The molecule has 0 amide bonds. The first-order valence-corrected chi connectivity index (χ1v) is 16.8. The maximum atomic E-state index is 11.9. The van der Waals surface area contributed by atoms with Crippen LogP contribution in [0.4, 0.5) is 0 Å². The van der Waals surface area contributed by atoms with Crippen LogP contribution in [-0.4, -0.2) is 19.6 Å². The van der Waals surface area contributed by atoms with Crippen molar-refractivity contribution < 1.29 is 26.2 Å². The second kappa shape index (κ2) is 13.1. The van der Waals surface area contributed by atoms with Crippen LogP contribution >= 0.6 is 0 Å². The van der Waals surface area contributed by atoms with E-state index in [1.165, 1.54) is 11.1 Å². The van der Waals surface area contributed by atoms with E-state index in [2.05, 4.69) is 127 Å². The number of benzene rings is 5. The molecule has 4 nitrogen and oxygen atoms in total. The Kier molecular flexibility index (Phi) is 9.15. The molecule has 250 valence electrons. The van der Waals surface area contributed by atoms with Crippen LogP contribution in [0.5, 0.6) is 5.75 Å². The molecule has 1 N–H and O–H groups in total. The van der Waals surface area contributed by atoms with Crippen molar-refractivity contribution in [2.45, 2.75) is 67.2 Å². The minimum Gasteiger partial charge on any atom is -0.507 e. The third-order valence-electron chi connectivity index (χ3n) is 9.56. The molecule has 0 bridgehead atoms. The van der Waals surface area contributed by atoms with Gasteiger partial charge in [0.25, 0.3) is 0 Å². The average Bonchev–Trinajstić information content (AvgIpc) is 3.42. The number of aryl methyl sites for hydroxylation is 5. The van der Waals surface area contributed by atoms with Gasteiger partial charge in [-0.2, -0.15) is 0 Å². The quantitative estimate of drug-likeness (QED) is 0.176. The third-order valence-corrected chi connectivity index (χ3v) is 9.56. The van der Waals surface area contributed by atoms with Crippen LogP contribution in [0.15, 0.2) is 91.1 Å². The summed E-state index contributed by atoms with van der Waals surface area (Å²) >= 11 is 0. The monoisotopic (exact) mass is 823 g/mol. The van der Waals surface area contributed by atoms with Gasteiger partial charge in [-0.05, 0) is 72.9 Å². The van der Waals surface area contributed by atoms with Crippen molar-refractivity contribution in [2.24, 2.45) is 0 Å². The summed E-state index contributed by atoms with van der Waals surface area (Å²) in [5.41, 5.74) is 15.4. The van der Waals surface area contributed by atoms with Crippen LogP contribution in [0.2, 0.25) is 0 Å². The first kappa shape index (κ1) is 34.3. The van der Waals surface area contributed by atoms with Crippen LogP contribution in [0.3, 0.4) is 0 Å². The fraction of sp³-hybridized carbons (Fsp3) is 0.227. The molecule has 0 saturated heterocycles. The second-order valence-corrected chi connectivity index (χ2v) is 14.1. The van der Waals surface area contributed by atoms with Crippen molar-refractivity contribution >= 4 is 21.9 Å². The normalized spacial score (nSPS) is 11.7. The van der Waals surface area contributed by atoms with E-state index in [4.69, 9.17) is 9.97 Å². The zero-order chi connectivity index (χ0) is 33.9. The minimum atomic E-state index is -0.239. The molecular weight excluding hydrogens is 782 g/mol. The van der Waals surface area contributed by atoms with E-state index in [-0.39, 0.29) is 32.2 Å². The average molecular weight is 824 g/mol. The van der Waals surface area contributed by atoms with E-state index in [0.717, 1.165) is 89.9 Å². The van der Waals surface area contributed by atoms with E-state index in [0.29, 0.717) is 0 Å². The Balaban J connectivity index is 0.00000417. The molecule has 0 radical (unpaired) electrons. The molecule has 2 heterocycles. The van der Waals surface area contributed by atoms with E-state index >= 15 is 0 Å². The number of aromatic hydroxyl groups is 1. The van der Waals surface area contributed by atoms with Crippen LogP contribution in [0.1, 0.15) is 61.1 Å². The molecule has 5 heteroatoms. The number of imidazole rings is 1. The summed E-state index contributed by atoms with van der Waals surface area (Å²) in [4.78, 5) is 10.2. The summed E-state index contributed by atoms with van der Waals surface area (Å²) in [7, 11) is 0. The number of pyridine rings is 1. The van der Waals surface area contributed by atoms with Gasteiger partial charge in [-0.25, -0.2) is 4.98 Å². The van der Waals surface area contributed by atoms with Crippen molar-refractivity contribution in [3.63, 3.8) is 0 Å². The van der Waals surface area contributed by atoms with Gasteiger partial charge in [0.2, 0.25) is 0 Å². The Labute approximate surface area is 304 Å². The molecule has 0 saturated carbocycles. The van der Waals surface area contributed by atoms with Gasteiger partial charge in [0.05, 0.1) is 22.3 Å². The third kappa shape index (κ3) is 5.91. The maximum Gasteiger partial charge on any atom is 0.148 e. The number of nitrogens with zero attached hydrogens (tertiary/aromatic N) is 3. The zero-order valence-corrected chi connectivity index (χ0v) is 31.7. The van der Waals surface area contributed by atoms with Crippen LogP contribution in [-0.2, 0) is 32.9 Å². The summed E-state index contributed by atoms with van der Waals surface area (Å²) in [6.07, 6.45) is 2.70. The Bertz CT molecular complexity index is 2350. The molecule has 0 spiro atoms. The van der Waals surface area contributed by atoms with E-state index in [1.807, 2.05) is 30.5 Å². The van der Waals surface area contributed by atoms with E-state index in [9.17, 15) is 5.11 Å². The summed E-state index contributed by atoms with van der Waals surface area (Å²) < 4.78 is 2.26. The Morgan fingerprint density at radius 2 is 1.47 bits per heavy atom. The number of para-hydroxylation sites is 2. The number of phenols is 1. The summed E-state index contributed by atoms with van der Waals surface area (Å²) in [5, 5.41) is 13.0. The van der Waals surface area contributed by atoms with Crippen molar-refractivity contribution in [1.82, 2.24) is 14.5 Å². The number of hydrogen-bond donors (Lipinski definition) is 1. The topological polar surface area (TPSA) is 50.9 Å². The number of rotatable bonds is 5. The zero-order valence-electron chi connectivity index (χ0n) is 29.5. The van der Waals surface area contributed by atoms with Gasteiger partial charge in [0.15, 0.2) is 0 Å². The molecule has 0 aliphatic carbocycles. The van der Waals surface area contributed by atoms with Gasteiger partial charge < -0.3 is 5.11 Å². The van der Waals surface area contributed by atoms with Gasteiger partial charge >= 0.3 is 0 Å². The molecule has 7 rings (SSSR count). The van der Waals surface area contributed by atoms with Crippen LogP contribution < -0.4 is 0 Å².